The number of nitrogens with zero attached hydrogens (tertiary/aromatic N) is 2. The molecule has 1 aromatic rings. The minimum absolute atomic E-state index is 0.0561. The quantitative estimate of drug-likeness (QED) is 0.532. The standard InChI is InChI=1S/C24H35BrN2O3/c1-24(2,3)30-23(29)26-15-13-19(14-16-26)22(28)27(17-18-9-5-4-6-10-18)21-12-8-7-11-20(21)25/h7-8,11-12,18-19H,4-6,9-10,13-17H2,1-3H3. The number of hydrogen-bond acceptors (Lipinski definition) is 3. The zero-order chi connectivity index (χ0) is 21.7. The van der Waals surface area contributed by atoms with Gasteiger partial charge in [0.1, 0.15) is 5.60 Å². The molecule has 1 heterocycles. The fraction of sp³-hybridized carbons (Fsp3) is 0.667. The second kappa shape index (κ2) is 10.2. The molecule has 5 nitrogen and oxygen atoms in total. The molecule has 3 rings (SSSR count). The Morgan fingerprint density at radius 1 is 1.07 bits per heavy atom. The predicted molar refractivity (Wildman–Crippen MR) is 124 cm³/mol. The van der Waals surface area contributed by atoms with Gasteiger partial charge in [-0.3, -0.25) is 4.79 Å². The van der Waals surface area contributed by atoms with Crippen molar-refractivity contribution in [1.29, 1.82) is 0 Å². The molecule has 166 valence electrons. The van der Waals surface area contributed by atoms with Crippen molar-refractivity contribution in [3.05, 3.63) is 28.7 Å². The maximum Gasteiger partial charge on any atom is 0.410 e. The molecule has 2 amide bonds. The van der Waals surface area contributed by atoms with Crippen LogP contribution < -0.4 is 4.90 Å². The van der Waals surface area contributed by atoms with Gasteiger partial charge in [0.25, 0.3) is 0 Å². The van der Waals surface area contributed by atoms with Crippen molar-refractivity contribution in [2.45, 2.75) is 71.3 Å². The zero-order valence-corrected chi connectivity index (χ0v) is 20.1. The first-order chi connectivity index (χ1) is 14.2. The Morgan fingerprint density at radius 3 is 2.30 bits per heavy atom. The van der Waals surface area contributed by atoms with Crippen molar-refractivity contribution >= 4 is 33.6 Å². The van der Waals surface area contributed by atoms with Gasteiger partial charge in [0.2, 0.25) is 5.91 Å². The van der Waals surface area contributed by atoms with Gasteiger partial charge in [-0.25, -0.2) is 4.79 Å². The molecular formula is C24H35BrN2O3. The Bertz CT molecular complexity index is 732. The van der Waals surface area contributed by atoms with Gasteiger partial charge in [0.15, 0.2) is 0 Å². The smallest absolute Gasteiger partial charge is 0.410 e. The van der Waals surface area contributed by atoms with Crippen LogP contribution in [0.15, 0.2) is 28.7 Å². The monoisotopic (exact) mass is 478 g/mol. The van der Waals surface area contributed by atoms with E-state index in [1.54, 1.807) is 4.90 Å². The molecule has 2 fully saturated rings. The van der Waals surface area contributed by atoms with Crippen LogP contribution in [-0.4, -0.2) is 42.1 Å². The second-order valence-corrected chi connectivity index (χ2v) is 10.5. The molecule has 1 saturated carbocycles. The summed E-state index contributed by atoms with van der Waals surface area (Å²) in [5.74, 6) is 0.701. The van der Waals surface area contributed by atoms with Crippen LogP contribution in [0, 0.1) is 11.8 Å². The molecule has 1 aliphatic carbocycles. The lowest BCUT2D eigenvalue weighted by Crippen LogP contribution is -2.47. The molecule has 0 aromatic heterocycles. The number of para-hydroxylation sites is 1. The zero-order valence-electron chi connectivity index (χ0n) is 18.5. The Morgan fingerprint density at radius 2 is 1.70 bits per heavy atom. The molecule has 0 unspecified atom stereocenters. The fourth-order valence-corrected chi connectivity index (χ4v) is 4.96. The summed E-state index contributed by atoms with van der Waals surface area (Å²) < 4.78 is 6.45. The van der Waals surface area contributed by atoms with E-state index >= 15 is 0 Å². The van der Waals surface area contributed by atoms with E-state index < -0.39 is 5.60 Å². The summed E-state index contributed by atoms with van der Waals surface area (Å²) >= 11 is 3.65. The lowest BCUT2D eigenvalue weighted by Gasteiger charge is -2.36. The molecule has 0 N–H and O–H groups in total. The van der Waals surface area contributed by atoms with Crippen molar-refractivity contribution in [1.82, 2.24) is 4.90 Å². The van der Waals surface area contributed by atoms with E-state index in [2.05, 4.69) is 15.9 Å². The first-order valence-corrected chi connectivity index (χ1v) is 12.1. The third kappa shape index (κ3) is 6.22. The van der Waals surface area contributed by atoms with Gasteiger partial charge in [-0.05, 0) is 80.4 Å². The Kier molecular flexibility index (Phi) is 7.83. The number of amides is 2. The number of benzene rings is 1. The highest BCUT2D eigenvalue weighted by atomic mass is 79.9. The summed E-state index contributed by atoms with van der Waals surface area (Å²) in [7, 11) is 0. The van der Waals surface area contributed by atoms with Crippen molar-refractivity contribution in [2.24, 2.45) is 11.8 Å². The maximum atomic E-state index is 13.6. The number of hydrogen-bond donors (Lipinski definition) is 0. The predicted octanol–water partition coefficient (Wildman–Crippen LogP) is 6.01. The van der Waals surface area contributed by atoms with Gasteiger partial charge in [-0.2, -0.15) is 0 Å². The van der Waals surface area contributed by atoms with Gasteiger partial charge in [0, 0.05) is 30.0 Å². The van der Waals surface area contributed by atoms with Crippen LogP contribution in [0.4, 0.5) is 10.5 Å². The summed E-state index contributed by atoms with van der Waals surface area (Å²) in [6, 6.07) is 8.00. The molecule has 1 aromatic carbocycles. The number of carbonyl (C=O) groups excluding carboxylic acids is 2. The third-order valence-electron chi connectivity index (χ3n) is 6.07. The lowest BCUT2D eigenvalue weighted by atomic mass is 9.88. The van der Waals surface area contributed by atoms with Crippen LogP contribution in [0.1, 0.15) is 65.7 Å². The van der Waals surface area contributed by atoms with Crippen LogP contribution in [0.2, 0.25) is 0 Å². The van der Waals surface area contributed by atoms with Crippen molar-refractivity contribution < 1.29 is 14.3 Å². The number of carbonyl (C=O) groups is 2. The van der Waals surface area contributed by atoms with Crippen LogP contribution >= 0.6 is 15.9 Å². The molecule has 6 heteroatoms. The molecule has 0 bridgehead atoms. The highest BCUT2D eigenvalue weighted by molar-refractivity contribution is 9.10. The van der Waals surface area contributed by atoms with E-state index in [-0.39, 0.29) is 17.9 Å². The molecule has 1 saturated heterocycles. The lowest BCUT2D eigenvalue weighted by molar-refractivity contribution is -0.124. The van der Waals surface area contributed by atoms with E-state index in [9.17, 15) is 9.59 Å². The fourth-order valence-electron chi connectivity index (χ4n) is 4.46. The van der Waals surface area contributed by atoms with E-state index in [4.69, 9.17) is 4.74 Å². The third-order valence-corrected chi connectivity index (χ3v) is 6.74. The molecule has 2 aliphatic rings. The van der Waals surface area contributed by atoms with E-state index in [1.165, 1.54) is 32.1 Å². The highest BCUT2D eigenvalue weighted by Crippen LogP contribution is 2.33. The SMILES string of the molecule is CC(C)(C)OC(=O)N1CCC(C(=O)N(CC2CCCCC2)c2ccccc2Br)CC1. The molecule has 0 radical (unpaired) electrons. The van der Waals surface area contributed by atoms with E-state index in [0.29, 0.717) is 31.8 Å². The topological polar surface area (TPSA) is 49.9 Å². The minimum Gasteiger partial charge on any atom is -0.444 e. The molecular weight excluding hydrogens is 444 g/mol. The summed E-state index contributed by atoms with van der Waals surface area (Å²) in [4.78, 5) is 29.7. The Balaban J connectivity index is 1.67. The maximum absolute atomic E-state index is 13.6. The van der Waals surface area contributed by atoms with Crippen molar-refractivity contribution in [3.63, 3.8) is 0 Å². The van der Waals surface area contributed by atoms with Crippen LogP contribution in [0.5, 0.6) is 0 Å². The first kappa shape index (κ1) is 23.1. The number of piperidine rings is 1. The van der Waals surface area contributed by atoms with Gasteiger partial charge in [0.05, 0.1) is 5.69 Å². The van der Waals surface area contributed by atoms with Gasteiger partial charge < -0.3 is 14.5 Å². The average molecular weight is 479 g/mol. The van der Waals surface area contributed by atoms with Gasteiger partial charge in [-0.1, -0.05) is 31.4 Å². The van der Waals surface area contributed by atoms with E-state index in [1.807, 2.05) is 49.9 Å². The average Bonchev–Trinajstić information content (AvgIpc) is 2.72. The van der Waals surface area contributed by atoms with Crippen LogP contribution in [0.25, 0.3) is 0 Å². The Labute approximate surface area is 189 Å². The number of rotatable bonds is 4. The molecule has 0 atom stereocenters. The minimum atomic E-state index is -0.500. The van der Waals surface area contributed by atoms with Crippen LogP contribution in [0.3, 0.4) is 0 Å². The highest BCUT2D eigenvalue weighted by Gasteiger charge is 2.34. The Hall–Kier alpha value is -1.56. The summed E-state index contributed by atoms with van der Waals surface area (Å²) in [5, 5.41) is 0. The second-order valence-electron chi connectivity index (χ2n) is 9.65. The van der Waals surface area contributed by atoms with Crippen LogP contribution in [-0.2, 0) is 9.53 Å². The van der Waals surface area contributed by atoms with E-state index in [0.717, 1.165) is 16.7 Å². The number of ether oxygens (including phenoxy) is 1. The number of halogens is 1. The van der Waals surface area contributed by atoms with Crippen molar-refractivity contribution in [3.8, 4) is 0 Å². The molecule has 1 aliphatic heterocycles. The number of likely N-dealkylation sites (tertiary alicyclic amines) is 1. The molecule has 30 heavy (non-hydrogen) atoms. The normalized spacial score (nSPS) is 18.9. The summed E-state index contributed by atoms with van der Waals surface area (Å²) in [5.41, 5.74) is 0.461. The number of anilines is 1. The molecule has 0 spiro atoms. The van der Waals surface area contributed by atoms with Gasteiger partial charge in [-0.15, -0.1) is 0 Å². The summed E-state index contributed by atoms with van der Waals surface area (Å²) in [6.07, 6.45) is 7.32. The van der Waals surface area contributed by atoms with Crippen molar-refractivity contribution in [2.75, 3.05) is 24.5 Å². The first-order valence-electron chi connectivity index (χ1n) is 11.3. The largest absolute Gasteiger partial charge is 0.444 e. The van der Waals surface area contributed by atoms with Gasteiger partial charge >= 0.3 is 6.09 Å². The summed E-state index contributed by atoms with van der Waals surface area (Å²) in [6.45, 7) is 7.55.